The number of anilines is 1. The molecule has 0 aliphatic heterocycles. The molecule has 0 atom stereocenters. The first-order valence-corrected chi connectivity index (χ1v) is 12.6. The number of nitrogens with zero attached hydrogens (tertiary/aromatic N) is 2. The summed E-state index contributed by atoms with van der Waals surface area (Å²) < 4.78 is 56.9. The van der Waals surface area contributed by atoms with E-state index in [1.807, 2.05) is 0 Å². The van der Waals surface area contributed by atoms with Crippen LogP contribution in [-0.4, -0.2) is 47.2 Å². The van der Waals surface area contributed by atoms with Crippen LogP contribution in [0.5, 0.6) is 0 Å². The number of nitrogens with two attached hydrogens (primary N) is 2. The van der Waals surface area contributed by atoms with E-state index in [2.05, 4.69) is 10.4 Å². The Labute approximate surface area is 225 Å². The molecule has 3 aromatic carbocycles. The van der Waals surface area contributed by atoms with Crippen molar-refractivity contribution in [3.8, 4) is 16.8 Å². The van der Waals surface area contributed by atoms with Crippen LogP contribution in [0.4, 0.5) is 18.9 Å². The van der Waals surface area contributed by atoms with Gasteiger partial charge < -0.3 is 16.2 Å². The minimum absolute atomic E-state index is 0.0264. The fourth-order valence-electron chi connectivity index (χ4n) is 3.37. The van der Waals surface area contributed by atoms with Crippen LogP contribution in [0.1, 0.15) is 16.1 Å². The SMILES string of the molecule is N=C(N)c1cccc(-n2nccc2C(=O)Nc2ccc(-c3ccccc3S(N)(=O)=O)cc2)c1.O=C(O)C(F)(F)F. The van der Waals surface area contributed by atoms with E-state index >= 15 is 0 Å². The lowest BCUT2D eigenvalue weighted by molar-refractivity contribution is -0.192. The first-order chi connectivity index (χ1) is 18.7. The molecule has 1 heterocycles. The third kappa shape index (κ3) is 7.30. The summed E-state index contributed by atoms with van der Waals surface area (Å²) in [5, 5.41) is 27.1. The number of hydrogen-bond donors (Lipinski definition) is 5. The molecule has 7 N–H and O–H groups in total. The molecule has 0 radical (unpaired) electrons. The smallest absolute Gasteiger partial charge is 0.475 e. The number of primary sulfonamides is 1. The van der Waals surface area contributed by atoms with Gasteiger partial charge in [-0.1, -0.05) is 42.5 Å². The fraction of sp³-hybridized carbons (Fsp3) is 0.0400. The summed E-state index contributed by atoms with van der Waals surface area (Å²) in [7, 11) is -3.88. The van der Waals surface area contributed by atoms with Gasteiger partial charge in [0, 0.05) is 16.8 Å². The molecule has 4 aromatic rings. The number of alkyl halides is 3. The van der Waals surface area contributed by atoms with Gasteiger partial charge in [0.15, 0.2) is 0 Å². The van der Waals surface area contributed by atoms with E-state index in [0.717, 1.165) is 0 Å². The normalized spacial score (nSPS) is 11.2. The monoisotopic (exact) mass is 574 g/mol. The summed E-state index contributed by atoms with van der Waals surface area (Å²) in [4.78, 5) is 21.8. The fourth-order valence-corrected chi connectivity index (χ4v) is 4.13. The Morgan fingerprint density at radius 1 is 0.975 bits per heavy atom. The average Bonchev–Trinajstić information content (AvgIpc) is 3.39. The van der Waals surface area contributed by atoms with Gasteiger partial charge in [0.1, 0.15) is 11.5 Å². The number of carbonyl (C=O) groups is 2. The van der Waals surface area contributed by atoms with Gasteiger partial charge in [-0.2, -0.15) is 18.3 Å². The number of amidine groups is 1. The molecule has 0 aliphatic rings. The maximum absolute atomic E-state index is 12.9. The Morgan fingerprint density at radius 2 is 1.60 bits per heavy atom. The highest BCUT2D eigenvalue weighted by molar-refractivity contribution is 7.89. The number of hydrogen-bond acceptors (Lipinski definition) is 6. The van der Waals surface area contributed by atoms with Crippen LogP contribution in [0, 0.1) is 5.41 Å². The molecule has 0 saturated heterocycles. The van der Waals surface area contributed by atoms with E-state index in [0.29, 0.717) is 33.8 Å². The van der Waals surface area contributed by atoms with Crippen molar-refractivity contribution in [3.05, 3.63) is 96.3 Å². The summed E-state index contributed by atoms with van der Waals surface area (Å²) in [6.07, 6.45) is -3.58. The number of carbonyl (C=O) groups excluding carboxylic acids is 1. The van der Waals surface area contributed by atoms with E-state index in [1.54, 1.807) is 72.8 Å². The second-order valence-electron chi connectivity index (χ2n) is 7.97. The van der Waals surface area contributed by atoms with Gasteiger partial charge in [0.2, 0.25) is 10.0 Å². The number of aliphatic carboxylic acids is 1. The maximum atomic E-state index is 12.9. The van der Waals surface area contributed by atoms with Crippen LogP contribution in [0.2, 0.25) is 0 Å². The molecule has 40 heavy (non-hydrogen) atoms. The molecule has 11 nitrogen and oxygen atoms in total. The van der Waals surface area contributed by atoms with Crippen LogP contribution in [-0.2, 0) is 14.8 Å². The summed E-state index contributed by atoms with van der Waals surface area (Å²) in [5.74, 6) is -3.23. The van der Waals surface area contributed by atoms with Crippen LogP contribution in [0.3, 0.4) is 0 Å². The van der Waals surface area contributed by atoms with Crippen LogP contribution >= 0.6 is 0 Å². The maximum Gasteiger partial charge on any atom is 0.490 e. The summed E-state index contributed by atoms with van der Waals surface area (Å²) in [5.41, 5.74) is 8.59. The van der Waals surface area contributed by atoms with Gasteiger partial charge in [0.05, 0.1) is 16.8 Å². The number of benzene rings is 3. The number of carboxylic acids is 1. The second-order valence-corrected chi connectivity index (χ2v) is 9.50. The van der Waals surface area contributed by atoms with Crippen LogP contribution in [0.15, 0.2) is 90.0 Å². The van der Waals surface area contributed by atoms with Gasteiger partial charge in [-0.3, -0.25) is 10.2 Å². The number of sulfonamides is 1. The number of halogens is 3. The first-order valence-electron chi connectivity index (χ1n) is 11.0. The number of nitrogen functional groups attached to an aromatic ring is 1. The lowest BCUT2D eigenvalue weighted by Crippen LogP contribution is -2.21. The van der Waals surface area contributed by atoms with E-state index in [4.69, 9.17) is 26.2 Å². The lowest BCUT2D eigenvalue weighted by atomic mass is 10.1. The van der Waals surface area contributed by atoms with Gasteiger partial charge in [-0.25, -0.2) is 23.0 Å². The Morgan fingerprint density at radius 3 is 2.17 bits per heavy atom. The Kier molecular flexibility index (Phi) is 8.71. The Bertz CT molecular complexity index is 1670. The predicted molar refractivity (Wildman–Crippen MR) is 139 cm³/mol. The standard InChI is InChI=1S/C23H20N6O3S.C2HF3O2/c24-22(25)16-4-3-5-18(14-16)29-20(12-13-27-29)23(30)28-17-10-8-15(9-11-17)19-6-1-2-7-21(19)33(26,31)32;3-2(4,5)1(6)7/h1-14H,(H3,24,25)(H,28,30)(H2,26,31,32);(H,6,7). The number of nitrogens with one attached hydrogen (secondary N) is 2. The molecular formula is C25H21F3N6O5S. The average molecular weight is 575 g/mol. The number of rotatable bonds is 6. The third-order valence-corrected chi connectivity index (χ3v) is 6.14. The minimum atomic E-state index is -5.08. The third-order valence-electron chi connectivity index (χ3n) is 5.17. The van der Waals surface area contributed by atoms with Crippen molar-refractivity contribution in [2.45, 2.75) is 11.1 Å². The molecule has 0 saturated carbocycles. The zero-order chi connectivity index (χ0) is 29.7. The molecule has 15 heteroatoms. The zero-order valence-corrected chi connectivity index (χ0v) is 21.1. The summed E-state index contributed by atoms with van der Waals surface area (Å²) >= 11 is 0. The number of amides is 1. The van der Waals surface area contributed by atoms with Crippen molar-refractivity contribution in [2.75, 3.05) is 5.32 Å². The van der Waals surface area contributed by atoms with E-state index in [1.165, 1.54) is 16.9 Å². The van der Waals surface area contributed by atoms with E-state index < -0.39 is 28.1 Å². The van der Waals surface area contributed by atoms with Crippen molar-refractivity contribution in [1.82, 2.24) is 9.78 Å². The van der Waals surface area contributed by atoms with Crippen LogP contribution in [0.25, 0.3) is 16.8 Å². The van der Waals surface area contributed by atoms with Gasteiger partial charge in [-0.15, -0.1) is 0 Å². The van der Waals surface area contributed by atoms with Crippen molar-refractivity contribution >= 4 is 33.4 Å². The van der Waals surface area contributed by atoms with Crippen molar-refractivity contribution in [3.63, 3.8) is 0 Å². The molecule has 208 valence electrons. The van der Waals surface area contributed by atoms with E-state index in [9.17, 15) is 26.4 Å². The molecule has 4 rings (SSSR count). The molecule has 0 fully saturated rings. The molecule has 0 bridgehead atoms. The largest absolute Gasteiger partial charge is 0.490 e. The minimum Gasteiger partial charge on any atom is -0.475 e. The topological polar surface area (TPSA) is 194 Å². The molecular weight excluding hydrogens is 553 g/mol. The summed E-state index contributed by atoms with van der Waals surface area (Å²) in [6, 6.07) is 21.6. The van der Waals surface area contributed by atoms with Crippen molar-refractivity contribution < 1.29 is 36.3 Å². The Hall–Kier alpha value is -5.02. The molecule has 0 unspecified atom stereocenters. The molecule has 1 aromatic heterocycles. The predicted octanol–water partition coefficient (Wildman–Crippen LogP) is 3.36. The highest BCUT2D eigenvalue weighted by Gasteiger charge is 2.38. The number of aromatic nitrogens is 2. The highest BCUT2D eigenvalue weighted by Crippen LogP contribution is 2.27. The van der Waals surface area contributed by atoms with E-state index in [-0.39, 0.29) is 10.7 Å². The molecule has 0 spiro atoms. The summed E-state index contributed by atoms with van der Waals surface area (Å²) in [6.45, 7) is 0. The van der Waals surface area contributed by atoms with Gasteiger partial charge in [0.25, 0.3) is 5.91 Å². The highest BCUT2D eigenvalue weighted by atomic mass is 32.2. The first kappa shape index (κ1) is 29.5. The molecule has 0 aliphatic carbocycles. The quantitative estimate of drug-likeness (QED) is 0.172. The second kappa shape index (κ2) is 11.8. The van der Waals surface area contributed by atoms with Gasteiger partial charge >= 0.3 is 12.1 Å². The van der Waals surface area contributed by atoms with Gasteiger partial charge in [-0.05, 0) is 42.0 Å². The molecule has 1 amide bonds. The zero-order valence-electron chi connectivity index (χ0n) is 20.3. The van der Waals surface area contributed by atoms with Crippen molar-refractivity contribution in [2.24, 2.45) is 10.9 Å². The van der Waals surface area contributed by atoms with Crippen LogP contribution < -0.4 is 16.2 Å². The number of carboxylic acid groups (broad SMARTS) is 1. The Balaban J connectivity index is 0.000000559. The van der Waals surface area contributed by atoms with Crippen molar-refractivity contribution in [1.29, 1.82) is 5.41 Å². The lowest BCUT2D eigenvalue weighted by Gasteiger charge is -2.11.